The molecule has 1 unspecified atom stereocenters. The quantitative estimate of drug-likeness (QED) is 0.0221. The number of nitrogens with zero attached hydrogens (tertiary/aromatic N) is 2. The molecule has 1 aromatic carbocycles. The molecule has 0 heterocycles. The lowest BCUT2D eigenvalue weighted by Crippen LogP contribution is -2.60. The monoisotopic (exact) mass is 1730 g/mol. The minimum absolute atomic E-state index is 0.0164. The van der Waals surface area contributed by atoms with Gasteiger partial charge in [0.2, 0.25) is 76.8 Å². The zero-order valence-electron chi connectivity index (χ0n) is 71.2. The van der Waals surface area contributed by atoms with Gasteiger partial charge in [0.05, 0.1) is 13.0 Å². The van der Waals surface area contributed by atoms with E-state index < -0.39 is 236 Å². The van der Waals surface area contributed by atoms with Crippen molar-refractivity contribution < 1.29 is 112 Å². The van der Waals surface area contributed by atoms with E-state index >= 15 is 0 Å². The van der Waals surface area contributed by atoms with Crippen molar-refractivity contribution in [1.82, 2.24) is 63.8 Å². The summed E-state index contributed by atoms with van der Waals surface area (Å²) >= 11 is 0. The molecule has 0 aliphatic carbocycles. The van der Waals surface area contributed by atoms with E-state index in [0.29, 0.717) is 24.8 Å². The second-order valence-electron chi connectivity index (χ2n) is 30.8. The van der Waals surface area contributed by atoms with Crippen LogP contribution in [0.3, 0.4) is 0 Å². The van der Waals surface area contributed by atoms with Gasteiger partial charge in [0.25, 0.3) is 0 Å². The SMILES string of the molecule is CC[C@H](C)[C@H](NC(=O)CCCCCCCCCCCCCCCC(=O)O)C(=O)N[C@@H](C)C(=O)N[C@@H](CCC(N)=O)C(=O)N[C@@H](CCC(=O)O)C(=O)N[C@@H](CC(C)C)C(=O)N[C@@H](CCCN=C(N)N)C(=O)NC(CCCN=C(N)N)C(=O)N[C@H](C(=O)NCC(=O)N[C@@H](CC(=O)O)C(=O)N[C@@H](CCC(=O)O)C(=O)N[C@@H](Cc1ccccc1)C(=O)O)[C@@H](C)CC. The minimum Gasteiger partial charge on any atom is -0.481 e. The Morgan fingerprint density at radius 3 is 1.11 bits per heavy atom. The molecule has 0 aliphatic rings. The molecule has 0 aromatic heterocycles. The fourth-order valence-electron chi connectivity index (χ4n) is 12.5. The van der Waals surface area contributed by atoms with Gasteiger partial charge in [-0.15, -0.1) is 0 Å². The van der Waals surface area contributed by atoms with Crippen LogP contribution < -0.4 is 92.5 Å². The number of benzene rings is 1. The Morgan fingerprint density at radius 2 is 0.713 bits per heavy atom. The van der Waals surface area contributed by atoms with Crippen LogP contribution in [0.2, 0.25) is 0 Å². The second-order valence-corrected chi connectivity index (χ2v) is 30.8. The van der Waals surface area contributed by atoms with Crippen LogP contribution in [-0.4, -0.2) is 230 Å². The molecule has 0 saturated carbocycles. The van der Waals surface area contributed by atoms with Crippen molar-refractivity contribution in [2.75, 3.05) is 19.6 Å². The van der Waals surface area contributed by atoms with Crippen LogP contribution in [0.5, 0.6) is 0 Å². The van der Waals surface area contributed by atoms with E-state index in [1.165, 1.54) is 13.8 Å². The summed E-state index contributed by atoms with van der Waals surface area (Å²) in [7, 11) is 0. The highest BCUT2D eigenvalue weighted by Crippen LogP contribution is 2.18. The zero-order chi connectivity index (χ0) is 92.0. The Morgan fingerprint density at radius 1 is 0.344 bits per heavy atom. The topological polar surface area (TPSA) is 708 Å². The van der Waals surface area contributed by atoms with Crippen LogP contribution in [-0.2, 0) is 92.7 Å². The molecule has 0 saturated heterocycles. The number of aliphatic imine (C=N–C) groups is 2. The average molecular weight is 1730 g/mol. The number of hydrogen-bond acceptors (Lipinski definition) is 20. The summed E-state index contributed by atoms with van der Waals surface area (Å²) in [5.41, 5.74) is 28.3. The summed E-state index contributed by atoms with van der Waals surface area (Å²) in [5.74, 6) is -22.0. The first kappa shape index (κ1) is 108. The third-order valence-corrected chi connectivity index (χ3v) is 19.9. The number of carbonyl (C=O) groups is 18. The molecule has 0 bridgehead atoms. The summed E-state index contributed by atoms with van der Waals surface area (Å²) in [5, 5.41) is 77.1. The summed E-state index contributed by atoms with van der Waals surface area (Å²) in [6.07, 6.45) is 7.75. The number of carboxylic acids is 5. The van der Waals surface area contributed by atoms with Gasteiger partial charge in [-0.1, -0.05) is 155 Å². The molecule has 1 rings (SSSR count). The van der Waals surface area contributed by atoms with Gasteiger partial charge in [-0.3, -0.25) is 91.5 Å². The van der Waals surface area contributed by atoms with Gasteiger partial charge in [0.1, 0.15) is 66.5 Å². The first-order valence-corrected chi connectivity index (χ1v) is 41.7. The third-order valence-electron chi connectivity index (χ3n) is 19.9. The van der Waals surface area contributed by atoms with Crippen LogP contribution in [0, 0.1) is 17.8 Å². The van der Waals surface area contributed by atoms with Crippen molar-refractivity contribution in [3.63, 3.8) is 0 Å². The van der Waals surface area contributed by atoms with Crippen molar-refractivity contribution in [2.24, 2.45) is 56.4 Å². The molecule has 0 radical (unpaired) electrons. The number of aliphatic carboxylic acids is 5. The smallest absolute Gasteiger partial charge is 0.326 e. The highest BCUT2D eigenvalue weighted by molar-refractivity contribution is 6.00. The molecule has 0 aliphatic heterocycles. The van der Waals surface area contributed by atoms with Gasteiger partial charge in [-0.2, -0.15) is 0 Å². The van der Waals surface area contributed by atoms with Crippen molar-refractivity contribution in [1.29, 1.82) is 0 Å². The van der Waals surface area contributed by atoms with Crippen LogP contribution in [0.25, 0.3) is 0 Å². The van der Waals surface area contributed by atoms with Crippen molar-refractivity contribution in [3.8, 4) is 0 Å². The van der Waals surface area contributed by atoms with Crippen molar-refractivity contribution >= 4 is 119 Å². The van der Waals surface area contributed by atoms with E-state index in [1.54, 1.807) is 58.0 Å². The van der Waals surface area contributed by atoms with E-state index in [9.17, 15) is 107 Å². The molecule has 27 N–H and O–H groups in total. The fraction of sp³-hybridized carbons (Fsp3) is 0.675. The third kappa shape index (κ3) is 48.5. The van der Waals surface area contributed by atoms with Crippen LogP contribution in [0.1, 0.15) is 240 Å². The molecular formula is C80H133N19O23. The van der Waals surface area contributed by atoms with Gasteiger partial charge in [0, 0.05) is 51.6 Å². The zero-order valence-corrected chi connectivity index (χ0v) is 71.2. The predicted octanol–water partition coefficient (Wildman–Crippen LogP) is -0.566. The number of primary amides is 1. The minimum atomic E-state index is -1.99. The number of rotatable bonds is 67. The van der Waals surface area contributed by atoms with Gasteiger partial charge in [-0.05, 0) is 94.4 Å². The lowest BCUT2D eigenvalue weighted by Gasteiger charge is -2.29. The Bertz CT molecular complexity index is 3640. The number of guanidine groups is 2. The Kier molecular flexibility index (Phi) is 53.8. The molecule has 686 valence electrons. The van der Waals surface area contributed by atoms with E-state index in [1.807, 2.05) is 6.92 Å². The number of nitrogens with two attached hydrogens (primary N) is 5. The molecule has 13 atom stereocenters. The highest BCUT2D eigenvalue weighted by atomic mass is 16.4. The fourth-order valence-corrected chi connectivity index (χ4v) is 12.5. The van der Waals surface area contributed by atoms with Gasteiger partial charge >= 0.3 is 29.8 Å². The Hall–Kier alpha value is -11.8. The largest absolute Gasteiger partial charge is 0.481 e. The predicted molar refractivity (Wildman–Crippen MR) is 447 cm³/mol. The lowest BCUT2D eigenvalue weighted by molar-refractivity contribution is -0.143. The first-order chi connectivity index (χ1) is 57.6. The van der Waals surface area contributed by atoms with E-state index in [-0.39, 0.29) is 88.7 Å². The maximum atomic E-state index is 14.7. The van der Waals surface area contributed by atoms with Gasteiger partial charge in [-0.25, -0.2) is 4.79 Å². The highest BCUT2D eigenvalue weighted by Gasteiger charge is 2.38. The summed E-state index contributed by atoms with van der Waals surface area (Å²) in [6, 6.07) is -9.47. The van der Waals surface area contributed by atoms with Crippen molar-refractivity contribution in [2.45, 2.75) is 308 Å². The lowest BCUT2D eigenvalue weighted by atomic mass is 9.97. The second kappa shape index (κ2) is 60.7. The van der Waals surface area contributed by atoms with E-state index in [2.05, 4.69) is 73.8 Å². The van der Waals surface area contributed by atoms with E-state index in [4.69, 9.17) is 33.8 Å². The molecule has 42 nitrogen and oxygen atoms in total. The standard InChI is InChI=1S/C80H133N19O23/c1-8-47(5)66(76(119)88-45-61(102)90-57(44-65(109)110)75(118)95-55(36-39-64(107)108)72(115)97-58(78(121)122)43-50-28-22-21-23-29-50)99-73(116)52(31-27-41-87-80(84)85)92-69(112)51(30-26-40-86-79(82)83)93-74(117)56(42-46(3)4)96-71(114)54(35-38-63(105)106)94-70(113)53(34-37-59(81)100)91-68(111)49(7)89-77(120)67(48(6)9-2)98-60(101)32-24-19-17-15-13-11-10-12-14-16-18-20-25-33-62(103)104/h21-23,28-29,46-49,51-58,66-67H,8-20,24-27,30-45H2,1-7H3,(H2,81,100)(H,88,119)(H,89,120)(H,90,102)(H,91,111)(H,92,112)(H,93,117)(H,94,113)(H,95,118)(H,96,114)(H,97,115)(H,98,101)(H,99,116)(H,103,104)(H,105,106)(H,107,108)(H,109,110)(H,121,122)(H4,82,83,86)(H4,84,85,87)/t47-,48-,49-,51-,52?,53-,54-,55-,56-,57-,58-,66-,67-/m0/s1. The molecule has 122 heavy (non-hydrogen) atoms. The summed E-state index contributed by atoms with van der Waals surface area (Å²) in [4.78, 5) is 247. The Balaban J connectivity index is 3.52. The number of amides is 13. The van der Waals surface area contributed by atoms with Crippen LogP contribution >= 0.6 is 0 Å². The van der Waals surface area contributed by atoms with Gasteiger partial charge in [0.15, 0.2) is 11.9 Å². The van der Waals surface area contributed by atoms with Crippen LogP contribution in [0.15, 0.2) is 40.3 Å². The molecule has 1 aromatic rings. The molecular weight excluding hydrogens is 1590 g/mol. The van der Waals surface area contributed by atoms with Crippen LogP contribution in [0.4, 0.5) is 0 Å². The van der Waals surface area contributed by atoms with Gasteiger partial charge < -0.3 is 118 Å². The number of unbranched alkanes of at least 4 members (excludes halogenated alkanes) is 12. The maximum Gasteiger partial charge on any atom is 0.326 e. The number of nitrogens with one attached hydrogen (secondary N) is 12. The Labute approximate surface area is 710 Å². The number of carboxylic acid groups (broad SMARTS) is 5. The number of carbonyl (C=O) groups excluding carboxylic acids is 13. The molecule has 13 amide bonds. The summed E-state index contributed by atoms with van der Waals surface area (Å²) < 4.78 is 0. The molecule has 0 fully saturated rings. The maximum absolute atomic E-state index is 14.7. The average Bonchev–Trinajstić information content (AvgIpc) is 0.977. The summed E-state index contributed by atoms with van der Waals surface area (Å²) in [6.45, 7) is 10.2. The van der Waals surface area contributed by atoms with E-state index in [0.717, 1.165) is 70.6 Å². The molecule has 42 heteroatoms. The first-order valence-electron chi connectivity index (χ1n) is 41.7. The molecule has 0 spiro atoms. The number of hydrogen-bond donors (Lipinski definition) is 22. The normalized spacial score (nSPS) is 14.2. The van der Waals surface area contributed by atoms with Crippen molar-refractivity contribution in [3.05, 3.63) is 35.9 Å².